The number of fused-ring (bicyclic) bond motifs is 1. The largest absolute Gasteiger partial charge is 0.486 e. The third-order valence-electron chi connectivity index (χ3n) is 3.63. The summed E-state index contributed by atoms with van der Waals surface area (Å²) in [5.74, 6) is 1.77. The number of ether oxygens (including phenoxy) is 2. The average Bonchev–Trinajstić information content (AvgIpc) is 2.56. The van der Waals surface area contributed by atoms with E-state index in [4.69, 9.17) is 9.47 Å². The summed E-state index contributed by atoms with van der Waals surface area (Å²) in [5.41, 5.74) is 2.57. The Morgan fingerprint density at radius 3 is 2.67 bits per heavy atom. The molecule has 1 aliphatic rings. The number of para-hydroxylation sites is 1. The quantitative estimate of drug-likeness (QED) is 0.826. The first-order valence-electron chi connectivity index (χ1n) is 7.55. The van der Waals surface area contributed by atoms with E-state index in [9.17, 15) is 0 Å². The molecule has 0 unspecified atom stereocenters. The average molecular weight is 283 g/mol. The predicted molar refractivity (Wildman–Crippen MR) is 83.9 cm³/mol. The van der Waals surface area contributed by atoms with Crippen molar-refractivity contribution in [1.82, 2.24) is 5.32 Å². The molecular weight excluding hydrogens is 262 g/mol. The Hall–Kier alpha value is -2.00. The highest BCUT2D eigenvalue weighted by atomic mass is 16.6. The van der Waals surface area contributed by atoms with Crippen LogP contribution in [0.1, 0.15) is 17.5 Å². The van der Waals surface area contributed by atoms with Gasteiger partial charge in [0.05, 0.1) is 0 Å². The molecule has 1 heterocycles. The monoisotopic (exact) mass is 283 g/mol. The lowest BCUT2D eigenvalue weighted by Gasteiger charge is -2.21. The molecule has 110 valence electrons. The Balaban J connectivity index is 1.45. The molecule has 0 spiro atoms. The molecule has 0 bridgehead atoms. The van der Waals surface area contributed by atoms with Crippen molar-refractivity contribution in [3.05, 3.63) is 59.7 Å². The van der Waals surface area contributed by atoms with E-state index in [1.54, 1.807) is 0 Å². The summed E-state index contributed by atoms with van der Waals surface area (Å²) < 4.78 is 11.3. The van der Waals surface area contributed by atoms with Gasteiger partial charge in [-0.15, -0.1) is 0 Å². The molecule has 0 amide bonds. The van der Waals surface area contributed by atoms with E-state index in [0.29, 0.717) is 13.2 Å². The minimum absolute atomic E-state index is 0.637. The first-order valence-corrected chi connectivity index (χ1v) is 7.55. The molecule has 1 N–H and O–H groups in total. The molecule has 0 aliphatic carbocycles. The number of rotatable bonds is 6. The third-order valence-corrected chi connectivity index (χ3v) is 3.63. The molecule has 1 aliphatic heterocycles. The maximum atomic E-state index is 5.72. The lowest BCUT2D eigenvalue weighted by molar-refractivity contribution is 0.169. The highest BCUT2D eigenvalue weighted by Crippen LogP contribution is 2.33. The Kier molecular flexibility index (Phi) is 4.74. The van der Waals surface area contributed by atoms with E-state index in [1.165, 1.54) is 11.1 Å². The van der Waals surface area contributed by atoms with Gasteiger partial charge in [0.15, 0.2) is 11.5 Å². The minimum atomic E-state index is 0.637. The summed E-state index contributed by atoms with van der Waals surface area (Å²) in [7, 11) is 0. The molecule has 21 heavy (non-hydrogen) atoms. The number of benzene rings is 2. The highest BCUT2D eigenvalue weighted by molar-refractivity contribution is 5.47. The zero-order valence-corrected chi connectivity index (χ0v) is 12.2. The van der Waals surface area contributed by atoms with Crippen LogP contribution in [0.15, 0.2) is 48.5 Å². The molecule has 3 nitrogen and oxygen atoms in total. The van der Waals surface area contributed by atoms with Gasteiger partial charge in [-0.3, -0.25) is 0 Å². The number of aryl methyl sites for hydroxylation is 1. The number of hydrogen-bond donors (Lipinski definition) is 1. The zero-order chi connectivity index (χ0) is 14.3. The summed E-state index contributed by atoms with van der Waals surface area (Å²) in [4.78, 5) is 0. The van der Waals surface area contributed by atoms with Crippen LogP contribution in [0.5, 0.6) is 11.5 Å². The molecule has 3 rings (SSSR count). The van der Waals surface area contributed by atoms with E-state index < -0.39 is 0 Å². The standard InChI is InChI=1S/C18H21NO2/c1-2-6-15(7-3-1)8-5-11-19-14-16-9-4-10-17-18(16)21-13-12-20-17/h1-4,6-7,9-10,19H,5,8,11-14H2. The van der Waals surface area contributed by atoms with Crippen molar-refractivity contribution in [3.8, 4) is 11.5 Å². The third kappa shape index (κ3) is 3.76. The second-order valence-corrected chi connectivity index (χ2v) is 5.21. The second-order valence-electron chi connectivity index (χ2n) is 5.21. The van der Waals surface area contributed by atoms with Crippen molar-refractivity contribution >= 4 is 0 Å². The van der Waals surface area contributed by atoms with Crippen molar-refractivity contribution in [1.29, 1.82) is 0 Å². The molecule has 2 aromatic carbocycles. The fourth-order valence-corrected chi connectivity index (χ4v) is 2.56. The van der Waals surface area contributed by atoms with Crippen LogP contribution in [0.25, 0.3) is 0 Å². The van der Waals surface area contributed by atoms with Gasteiger partial charge in [0.2, 0.25) is 0 Å². The zero-order valence-electron chi connectivity index (χ0n) is 12.2. The maximum absolute atomic E-state index is 5.72. The van der Waals surface area contributed by atoms with Gasteiger partial charge in [0.1, 0.15) is 13.2 Å². The second kappa shape index (κ2) is 7.14. The van der Waals surface area contributed by atoms with Crippen LogP contribution in [-0.2, 0) is 13.0 Å². The Bertz CT molecular complexity index is 569. The molecule has 0 saturated heterocycles. The van der Waals surface area contributed by atoms with Crippen LogP contribution in [-0.4, -0.2) is 19.8 Å². The molecule has 2 aromatic rings. The molecule has 0 radical (unpaired) electrons. The molecule has 0 atom stereocenters. The maximum Gasteiger partial charge on any atom is 0.165 e. The van der Waals surface area contributed by atoms with Crippen LogP contribution >= 0.6 is 0 Å². The van der Waals surface area contributed by atoms with Crippen LogP contribution < -0.4 is 14.8 Å². The molecule has 0 saturated carbocycles. The van der Waals surface area contributed by atoms with Gasteiger partial charge in [-0.25, -0.2) is 0 Å². The first-order chi connectivity index (χ1) is 10.4. The van der Waals surface area contributed by atoms with E-state index in [2.05, 4.69) is 41.7 Å². The van der Waals surface area contributed by atoms with Crippen molar-refractivity contribution in [2.45, 2.75) is 19.4 Å². The van der Waals surface area contributed by atoms with E-state index in [1.807, 2.05) is 12.1 Å². The van der Waals surface area contributed by atoms with Crippen molar-refractivity contribution in [3.63, 3.8) is 0 Å². The van der Waals surface area contributed by atoms with Crippen molar-refractivity contribution in [2.75, 3.05) is 19.8 Å². The number of nitrogens with one attached hydrogen (secondary N) is 1. The SMILES string of the molecule is c1ccc(CCCNCc2cccc3c2OCCO3)cc1. The lowest BCUT2D eigenvalue weighted by atomic mass is 10.1. The van der Waals surface area contributed by atoms with Gasteiger partial charge < -0.3 is 14.8 Å². The van der Waals surface area contributed by atoms with Crippen LogP contribution in [0.3, 0.4) is 0 Å². The van der Waals surface area contributed by atoms with Gasteiger partial charge >= 0.3 is 0 Å². The fraction of sp³-hybridized carbons (Fsp3) is 0.333. The van der Waals surface area contributed by atoms with Crippen molar-refractivity contribution < 1.29 is 9.47 Å². The van der Waals surface area contributed by atoms with Gasteiger partial charge in [0, 0.05) is 12.1 Å². The van der Waals surface area contributed by atoms with Gasteiger partial charge in [-0.1, -0.05) is 42.5 Å². The Labute approximate surface area is 125 Å². The minimum Gasteiger partial charge on any atom is -0.486 e. The van der Waals surface area contributed by atoms with Crippen molar-refractivity contribution in [2.24, 2.45) is 0 Å². The van der Waals surface area contributed by atoms with Gasteiger partial charge in [-0.05, 0) is 31.0 Å². The van der Waals surface area contributed by atoms with Crippen LogP contribution in [0, 0.1) is 0 Å². The molecule has 0 fully saturated rings. The highest BCUT2D eigenvalue weighted by Gasteiger charge is 2.14. The van der Waals surface area contributed by atoms with E-state index in [0.717, 1.165) is 37.4 Å². The molecule has 0 aromatic heterocycles. The van der Waals surface area contributed by atoms with Crippen LogP contribution in [0.2, 0.25) is 0 Å². The number of hydrogen-bond acceptors (Lipinski definition) is 3. The first kappa shape index (κ1) is 14.0. The summed E-state index contributed by atoms with van der Waals surface area (Å²) in [6.45, 7) is 3.10. The van der Waals surface area contributed by atoms with Crippen LogP contribution in [0.4, 0.5) is 0 Å². The summed E-state index contributed by atoms with van der Waals surface area (Å²) >= 11 is 0. The summed E-state index contributed by atoms with van der Waals surface area (Å²) in [5, 5.41) is 3.49. The Morgan fingerprint density at radius 1 is 0.905 bits per heavy atom. The Morgan fingerprint density at radius 2 is 1.76 bits per heavy atom. The van der Waals surface area contributed by atoms with Gasteiger partial charge in [0.25, 0.3) is 0 Å². The smallest absolute Gasteiger partial charge is 0.165 e. The molecule has 3 heteroatoms. The predicted octanol–water partition coefficient (Wildman–Crippen LogP) is 3.18. The fourth-order valence-electron chi connectivity index (χ4n) is 2.56. The topological polar surface area (TPSA) is 30.5 Å². The van der Waals surface area contributed by atoms with E-state index >= 15 is 0 Å². The van der Waals surface area contributed by atoms with Gasteiger partial charge in [-0.2, -0.15) is 0 Å². The lowest BCUT2D eigenvalue weighted by Crippen LogP contribution is -2.20. The molecular formula is C18H21NO2. The van der Waals surface area contributed by atoms with E-state index in [-0.39, 0.29) is 0 Å². The normalized spacial score (nSPS) is 13.1. The summed E-state index contributed by atoms with van der Waals surface area (Å²) in [6.07, 6.45) is 2.25. The summed E-state index contributed by atoms with van der Waals surface area (Å²) in [6, 6.07) is 16.7.